The van der Waals surface area contributed by atoms with Gasteiger partial charge in [0.15, 0.2) is 0 Å². The number of para-hydroxylation sites is 1. The van der Waals surface area contributed by atoms with Crippen LogP contribution in [0.4, 0.5) is 4.79 Å². The molecule has 0 saturated carbocycles. The quantitative estimate of drug-likeness (QED) is 0.665. The second-order valence-corrected chi connectivity index (χ2v) is 8.80. The lowest BCUT2D eigenvalue weighted by Crippen LogP contribution is -2.39. The van der Waals surface area contributed by atoms with E-state index in [0.717, 1.165) is 44.6 Å². The average Bonchev–Trinajstić information content (AvgIpc) is 3.34. The minimum Gasteiger partial charge on any atom is -0.496 e. The number of carbonyl (C=O) groups excluding carboxylic acids is 1. The lowest BCUT2D eigenvalue weighted by Gasteiger charge is -2.31. The summed E-state index contributed by atoms with van der Waals surface area (Å²) in [7, 11) is 1.71. The molecule has 2 heterocycles. The van der Waals surface area contributed by atoms with E-state index in [1.807, 2.05) is 12.1 Å². The highest BCUT2D eigenvalue weighted by Crippen LogP contribution is 2.34. The van der Waals surface area contributed by atoms with E-state index in [1.165, 1.54) is 42.6 Å². The first-order valence-corrected chi connectivity index (χ1v) is 11.8. The summed E-state index contributed by atoms with van der Waals surface area (Å²) in [5.41, 5.74) is 3.83. The zero-order valence-electron chi connectivity index (χ0n) is 19.1. The number of hydroxylamine groups is 2. The number of methoxy groups -OCH3 is 1. The average molecular weight is 438 g/mol. The van der Waals surface area contributed by atoms with E-state index in [9.17, 15) is 4.79 Å². The molecule has 2 aromatic rings. The molecule has 0 radical (unpaired) electrons. The third-order valence-corrected chi connectivity index (χ3v) is 6.56. The van der Waals surface area contributed by atoms with Gasteiger partial charge in [-0.2, -0.15) is 0 Å². The standard InChI is InChI=1S/C26H35N3O3/c1-31-25-7-3-2-6-24(25)23-13-18-29(19-14-23)32-26(30)27-15-12-21-8-10-22(11-9-21)20-28-16-4-5-17-28/h2-3,6-11,23H,4-5,12-20H2,1H3,(H,27,30). The van der Waals surface area contributed by atoms with Crippen molar-refractivity contribution in [1.29, 1.82) is 0 Å². The number of amides is 1. The molecule has 0 aromatic heterocycles. The van der Waals surface area contributed by atoms with Gasteiger partial charge in [0.1, 0.15) is 5.75 Å². The summed E-state index contributed by atoms with van der Waals surface area (Å²) < 4.78 is 5.50. The van der Waals surface area contributed by atoms with Crippen LogP contribution in [0.5, 0.6) is 5.75 Å². The van der Waals surface area contributed by atoms with Crippen molar-refractivity contribution in [1.82, 2.24) is 15.3 Å². The lowest BCUT2D eigenvalue weighted by molar-refractivity contribution is -0.113. The SMILES string of the molecule is COc1ccccc1C1CCN(OC(=O)NCCc2ccc(CN3CCCC3)cc2)CC1. The van der Waals surface area contributed by atoms with Gasteiger partial charge in [-0.15, -0.1) is 5.06 Å². The number of nitrogens with zero attached hydrogens (tertiary/aromatic N) is 2. The Morgan fingerprint density at radius 1 is 0.969 bits per heavy atom. The minimum atomic E-state index is -0.369. The molecule has 1 amide bonds. The Kier molecular flexibility index (Phi) is 8.02. The van der Waals surface area contributed by atoms with Crippen LogP contribution in [0, 0.1) is 0 Å². The summed E-state index contributed by atoms with van der Waals surface area (Å²) >= 11 is 0. The number of hydrogen-bond donors (Lipinski definition) is 1. The molecule has 4 rings (SSSR count). The number of rotatable bonds is 8. The Balaban J connectivity index is 1.14. The van der Waals surface area contributed by atoms with Gasteiger partial charge in [-0.1, -0.05) is 42.5 Å². The highest BCUT2D eigenvalue weighted by Gasteiger charge is 2.25. The van der Waals surface area contributed by atoms with E-state index < -0.39 is 0 Å². The fourth-order valence-electron chi connectivity index (χ4n) is 4.73. The van der Waals surface area contributed by atoms with Crippen LogP contribution < -0.4 is 10.1 Å². The van der Waals surface area contributed by atoms with Crippen molar-refractivity contribution < 1.29 is 14.4 Å². The van der Waals surface area contributed by atoms with Gasteiger partial charge in [0.2, 0.25) is 0 Å². The molecule has 172 valence electrons. The molecule has 0 unspecified atom stereocenters. The molecule has 0 bridgehead atoms. The highest BCUT2D eigenvalue weighted by atomic mass is 16.7. The molecule has 2 fully saturated rings. The Morgan fingerprint density at radius 2 is 1.66 bits per heavy atom. The topological polar surface area (TPSA) is 54.0 Å². The molecule has 0 atom stereocenters. The molecular weight excluding hydrogens is 402 g/mol. The monoisotopic (exact) mass is 437 g/mol. The van der Waals surface area contributed by atoms with Crippen LogP contribution in [0.3, 0.4) is 0 Å². The smallest absolute Gasteiger partial charge is 0.426 e. The maximum absolute atomic E-state index is 12.2. The number of likely N-dealkylation sites (tertiary alicyclic amines) is 1. The molecule has 2 aliphatic heterocycles. The molecular formula is C26H35N3O3. The van der Waals surface area contributed by atoms with Crippen molar-refractivity contribution in [2.75, 3.05) is 39.8 Å². The van der Waals surface area contributed by atoms with E-state index in [4.69, 9.17) is 9.57 Å². The molecule has 0 spiro atoms. The normalized spacial score (nSPS) is 17.9. The Morgan fingerprint density at radius 3 is 2.38 bits per heavy atom. The molecule has 2 saturated heterocycles. The molecule has 6 nitrogen and oxygen atoms in total. The van der Waals surface area contributed by atoms with Gasteiger partial charge in [-0.3, -0.25) is 4.90 Å². The molecule has 2 aromatic carbocycles. The van der Waals surface area contributed by atoms with Crippen LogP contribution in [-0.4, -0.2) is 55.9 Å². The Bertz CT molecular complexity index is 857. The van der Waals surface area contributed by atoms with Gasteiger partial charge < -0.3 is 14.9 Å². The van der Waals surface area contributed by atoms with Gasteiger partial charge in [0.25, 0.3) is 0 Å². The van der Waals surface area contributed by atoms with Crippen molar-refractivity contribution in [3.05, 3.63) is 65.2 Å². The van der Waals surface area contributed by atoms with Crippen LogP contribution in [0.15, 0.2) is 48.5 Å². The fourth-order valence-corrected chi connectivity index (χ4v) is 4.73. The van der Waals surface area contributed by atoms with E-state index in [-0.39, 0.29) is 6.09 Å². The maximum atomic E-state index is 12.2. The number of carbonyl (C=O) groups is 1. The van der Waals surface area contributed by atoms with Crippen LogP contribution in [0.2, 0.25) is 0 Å². The van der Waals surface area contributed by atoms with E-state index in [0.29, 0.717) is 12.5 Å². The Labute approximate surface area is 191 Å². The number of piperidine rings is 1. The van der Waals surface area contributed by atoms with Crippen molar-refractivity contribution in [3.8, 4) is 5.75 Å². The zero-order valence-corrected chi connectivity index (χ0v) is 19.1. The Hall–Kier alpha value is -2.57. The van der Waals surface area contributed by atoms with E-state index in [2.05, 4.69) is 46.6 Å². The second-order valence-electron chi connectivity index (χ2n) is 8.80. The third-order valence-electron chi connectivity index (χ3n) is 6.56. The van der Waals surface area contributed by atoms with Gasteiger partial charge in [-0.25, -0.2) is 4.79 Å². The largest absolute Gasteiger partial charge is 0.496 e. The van der Waals surface area contributed by atoms with E-state index in [1.54, 1.807) is 12.2 Å². The first kappa shape index (κ1) is 22.6. The summed E-state index contributed by atoms with van der Waals surface area (Å²) in [5, 5.41) is 4.65. The summed E-state index contributed by atoms with van der Waals surface area (Å²) in [4.78, 5) is 20.2. The van der Waals surface area contributed by atoms with Crippen molar-refractivity contribution in [2.24, 2.45) is 0 Å². The van der Waals surface area contributed by atoms with Gasteiger partial charge in [0.05, 0.1) is 7.11 Å². The lowest BCUT2D eigenvalue weighted by atomic mass is 9.89. The summed E-state index contributed by atoms with van der Waals surface area (Å²) in [6.07, 6.45) is 4.95. The van der Waals surface area contributed by atoms with Crippen LogP contribution in [-0.2, 0) is 17.8 Å². The predicted octanol–water partition coefficient (Wildman–Crippen LogP) is 4.35. The van der Waals surface area contributed by atoms with Crippen molar-refractivity contribution in [2.45, 2.75) is 44.6 Å². The maximum Gasteiger partial charge on any atom is 0.426 e. The second kappa shape index (κ2) is 11.3. The first-order valence-electron chi connectivity index (χ1n) is 11.8. The molecule has 6 heteroatoms. The fraction of sp³-hybridized carbons (Fsp3) is 0.500. The predicted molar refractivity (Wildman–Crippen MR) is 126 cm³/mol. The van der Waals surface area contributed by atoms with Crippen molar-refractivity contribution >= 4 is 6.09 Å². The molecule has 1 N–H and O–H groups in total. The number of nitrogens with one attached hydrogen (secondary N) is 1. The molecule has 2 aliphatic rings. The summed E-state index contributed by atoms with van der Waals surface area (Å²) in [5.74, 6) is 1.37. The van der Waals surface area contributed by atoms with E-state index >= 15 is 0 Å². The number of benzene rings is 2. The number of hydrogen-bond acceptors (Lipinski definition) is 5. The van der Waals surface area contributed by atoms with Crippen molar-refractivity contribution in [3.63, 3.8) is 0 Å². The van der Waals surface area contributed by atoms with Gasteiger partial charge in [-0.05, 0) is 73.9 Å². The minimum absolute atomic E-state index is 0.369. The third kappa shape index (κ3) is 6.24. The van der Waals surface area contributed by atoms with Crippen LogP contribution in [0.1, 0.15) is 48.3 Å². The zero-order chi connectivity index (χ0) is 22.2. The highest BCUT2D eigenvalue weighted by molar-refractivity contribution is 5.66. The molecule has 0 aliphatic carbocycles. The molecule has 32 heavy (non-hydrogen) atoms. The first-order chi connectivity index (χ1) is 15.7. The summed E-state index contributed by atoms with van der Waals surface area (Å²) in [6, 6.07) is 16.9. The van der Waals surface area contributed by atoms with Crippen LogP contribution >= 0.6 is 0 Å². The summed E-state index contributed by atoms with van der Waals surface area (Å²) in [6.45, 7) is 5.50. The van der Waals surface area contributed by atoms with Crippen LogP contribution in [0.25, 0.3) is 0 Å². The number of ether oxygens (including phenoxy) is 1. The van der Waals surface area contributed by atoms with Gasteiger partial charge >= 0.3 is 6.09 Å². The van der Waals surface area contributed by atoms with Gasteiger partial charge in [0, 0.05) is 26.2 Å².